The maximum Gasteiger partial charge on any atom is 0.331 e. The molecule has 0 spiro atoms. The zero-order chi connectivity index (χ0) is 16.7. The Morgan fingerprint density at radius 2 is 2.12 bits per heavy atom. The number of rotatable bonds is 3. The van der Waals surface area contributed by atoms with E-state index in [1.165, 1.54) is 17.5 Å². The number of pyridine rings is 1. The molecule has 1 aromatic rings. The van der Waals surface area contributed by atoms with Crippen LogP contribution < -0.4 is 5.32 Å². The molecule has 24 heavy (non-hydrogen) atoms. The second kappa shape index (κ2) is 5.81. The molecule has 4 amide bonds. The maximum absolute atomic E-state index is 12.8. The summed E-state index contributed by atoms with van der Waals surface area (Å²) in [6.07, 6.45) is 8.62. The molecule has 124 valence electrons. The molecule has 2 saturated carbocycles. The Morgan fingerprint density at radius 1 is 1.25 bits per heavy atom. The van der Waals surface area contributed by atoms with Gasteiger partial charge in [0.1, 0.15) is 0 Å². The van der Waals surface area contributed by atoms with Gasteiger partial charge in [-0.15, -0.1) is 0 Å². The Bertz CT molecular complexity index is 718. The fourth-order valence-corrected chi connectivity index (χ4v) is 4.17. The van der Waals surface area contributed by atoms with Crippen molar-refractivity contribution in [1.29, 1.82) is 0 Å². The van der Waals surface area contributed by atoms with Gasteiger partial charge in [-0.3, -0.25) is 29.8 Å². The Hall–Kier alpha value is -2.57. The molecule has 1 N–H and O–H groups in total. The molecule has 3 fully saturated rings. The summed E-state index contributed by atoms with van der Waals surface area (Å²) in [4.78, 5) is 46.4. The number of barbiturate groups is 1. The van der Waals surface area contributed by atoms with Crippen molar-refractivity contribution in [3.63, 3.8) is 0 Å². The largest absolute Gasteiger partial charge is 0.331 e. The number of nitrogens with zero attached hydrogens (tertiary/aromatic N) is 3. The number of carbonyl (C=O) groups excluding carboxylic acids is 3. The third-order valence-electron chi connectivity index (χ3n) is 5.29. The van der Waals surface area contributed by atoms with Crippen LogP contribution >= 0.6 is 0 Å². The summed E-state index contributed by atoms with van der Waals surface area (Å²) in [5, 5.41) is 2.30. The van der Waals surface area contributed by atoms with E-state index in [1.54, 1.807) is 24.5 Å². The number of amides is 4. The van der Waals surface area contributed by atoms with E-state index in [0.29, 0.717) is 17.5 Å². The van der Waals surface area contributed by atoms with Crippen LogP contribution in [0.25, 0.3) is 0 Å². The fraction of sp³-hybridized carbons (Fsp3) is 0.471. The van der Waals surface area contributed by atoms with Crippen molar-refractivity contribution in [1.82, 2.24) is 15.2 Å². The number of fused-ring (bicyclic) bond motifs is 2. The van der Waals surface area contributed by atoms with Crippen LogP contribution in [0.5, 0.6) is 0 Å². The van der Waals surface area contributed by atoms with E-state index in [2.05, 4.69) is 15.3 Å². The normalized spacial score (nSPS) is 32.7. The smallest absolute Gasteiger partial charge is 0.277 e. The van der Waals surface area contributed by atoms with Gasteiger partial charge in [0.2, 0.25) is 11.8 Å². The third kappa shape index (κ3) is 2.50. The van der Waals surface area contributed by atoms with Gasteiger partial charge >= 0.3 is 6.03 Å². The van der Waals surface area contributed by atoms with Crippen molar-refractivity contribution in [3.05, 3.63) is 24.5 Å². The van der Waals surface area contributed by atoms with Crippen LogP contribution in [0.4, 0.5) is 10.5 Å². The highest BCUT2D eigenvalue weighted by molar-refractivity contribution is 6.23. The molecule has 0 aromatic carbocycles. The van der Waals surface area contributed by atoms with Gasteiger partial charge < -0.3 is 0 Å². The van der Waals surface area contributed by atoms with Crippen LogP contribution in [-0.2, 0) is 9.59 Å². The summed E-state index contributed by atoms with van der Waals surface area (Å²) in [5.41, 5.74) is 0.557. The number of urea groups is 1. The number of hydrogen-bond acceptors (Lipinski definition) is 5. The highest BCUT2D eigenvalue weighted by Gasteiger charge is 2.50. The van der Waals surface area contributed by atoms with Crippen molar-refractivity contribution >= 4 is 29.7 Å². The first-order valence-corrected chi connectivity index (χ1v) is 8.25. The molecule has 1 aromatic heterocycles. The summed E-state index contributed by atoms with van der Waals surface area (Å²) in [7, 11) is 0. The molecule has 0 unspecified atom stereocenters. The van der Waals surface area contributed by atoms with Gasteiger partial charge in [0.25, 0.3) is 0 Å². The van der Waals surface area contributed by atoms with Crippen molar-refractivity contribution in [3.8, 4) is 0 Å². The molecule has 1 aliphatic heterocycles. The molecular weight excluding hydrogens is 308 g/mol. The summed E-state index contributed by atoms with van der Waals surface area (Å²) < 4.78 is 0. The monoisotopic (exact) mass is 326 g/mol. The number of nitrogens with one attached hydrogen (secondary N) is 1. The van der Waals surface area contributed by atoms with E-state index < -0.39 is 23.8 Å². The lowest BCUT2D eigenvalue weighted by Gasteiger charge is -2.36. The molecule has 2 heterocycles. The average molecular weight is 326 g/mol. The number of aliphatic imine (C=N–C) groups is 1. The van der Waals surface area contributed by atoms with Crippen LogP contribution in [-0.4, -0.2) is 40.0 Å². The van der Waals surface area contributed by atoms with Crippen molar-refractivity contribution in [2.45, 2.75) is 31.7 Å². The quantitative estimate of drug-likeness (QED) is 0.675. The predicted octanol–water partition coefficient (Wildman–Crippen LogP) is 1.67. The zero-order valence-corrected chi connectivity index (χ0v) is 13.1. The van der Waals surface area contributed by atoms with Gasteiger partial charge in [0.15, 0.2) is 5.92 Å². The lowest BCUT2D eigenvalue weighted by molar-refractivity contribution is -0.141. The van der Waals surface area contributed by atoms with E-state index in [-0.39, 0.29) is 6.04 Å². The van der Waals surface area contributed by atoms with Crippen molar-refractivity contribution in [2.75, 3.05) is 0 Å². The highest BCUT2D eigenvalue weighted by atomic mass is 16.2. The Kier molecular flexibility index (Phi) is 3.63. The second-order valence-electron chi connectivity index (χ2n) is 6.71. The number of carbonyl (C=O) groups is 3. The topological polar surface area (TPSA) is 91.7 Å². The van der Waals surface area contributed by atoms with Gasteiger partial charge in [0, 0.05) is 18.5 Å². The second-order valence-corrected chi connectivity index (χ2v) is 6.71. The Labute approximate surface area is 139 Å². The van der Waals surface area contributed by atoms with Crippen LogP contribution in [0, 0.1) is 17.8 Å². The summed E-state index contributed by atoms with van der Waals surface area (Å²) in [6, 6.07) is 2.78. The van der Waals surface area contributed by atoms with Crippen LogP contribution in [0.1, 0.15) is 25.7 Å². The summed E-state index contributed by atoms with van der Waals surface area (Å²) >= 11 is 0. The number of imide groups is 2. The van der Waals surface area contributed by atoms with E-state index >= 15 is 0 Å². The molecule has 4 atom stereocenters. The lowest BCUT2D eigenvalue weighted by atomic mass is 9.92. The molecular formula is C17H18N4O3. The molecule has 2 aliphatic carbocycles. The van der Waals surface area contributed by atoms with Gasteiger partial charge in [-0.2, -0.15) is 0 Å². The first kappa shape index (κ1) is 15.0. The summed E-state index contributed by atoms with van der Waals surface area (Å²) in [6.45, 7) is 0. The first-order valence-electron chi connectivity index (χ1n) is 8.25. The van der Waals surface area contributed by atoms with E-state index in [9.17, 15) is 14.4 Å². The molecule has 1 saturated heterocycles. The van der Waals surface area contributed by atoms with Crippen molar-refractivity contribution < 1.29 is 14.4 Å². The standard InChI is InChI=1S/C17H18N4O3/c22-15-13(9-19-12-2-1-5-18-8-12)16(23)21(17(24)20-15)14-7-10-3-4-11(14)6-10/h1-2,5,8-11,13-14H,3-4,6-7H2,(H,20,22,24)/t10-,11-,13-,14-/m0/s1. The fourth-order valence-electron chi connectivity index (χ4n) is 4.17. The Morgan fingerprint density at radius 3 is 2.79 bits per heavy atom. The molecule has 7 nitrogen and oxygen atoms in total. The van der Waals surface area contributed by atoms with Gasteiger partial charge in [-0.25, -0.2) is 4.79 Å². The van der Waals surface area contributed by atoms with Crippen LogP contribution in [0.2, 0.25) is 0 Å². The highest BCUT2D eigenvalue weighted by Crippen LogP contribution is 2.47. The van der Waals surface area contributed by atoms with E-state index in [0.717, 1.165) is 19.3 Å². The van der Waals surface area contributed by atoms with E-state index in [4.69, 9.17) is 0 Å². The minimum Gasteiger partial charge on any atom is -0.277 e. The molecule has 2 bridgehead atoms. The summed E-state index contributed by atoms with van der Waals surface area (Å²) in [5.74, 6) is -1.18. The van der Waals surface area contributed by atoms with Gasteiger partial charge in [-0.1, -0.05) is 6.42 Å². The minimum absolute atomic E-state index is 0.0846. The van der Waals surface area contributed by atoms with E-state index in [1.807, 2.05) is 0 Å². The first-order chi connectivity index (χ1) is 11.6. The van der Waals surface area contributed by atoms with Crippen LogP contribution in [0.15, 0.2) is 29.5 Å². The predicted molar refractivity (Wildman–Crippen MR) is 85.5 cm³/mol. The number of aromatic nitrogens is 1. The van der Waals surface area contributed by atoms with Crippen LogP contribution in [0.3, 0.4) is 0 Å². The zero-order valence-electron chi connectivity index (χ0n) is 13.1. The van der Waals surface area contributed by atoms with Gasteiger partial charge in [-0.05, 0) is 43.2 Å². The third-order valence-corrected chi connectivity index (χ3v) is 5.29. The SMILES string of the molecule is O=C1NC(=O)N([C@H]2C[C@H]3CC[C@H]2C3)C(=O)[C@H]1C=Nc1cccnc1. The molecule has 3 aliphatic rings. The Balaban J connectivity index is 1.56. The molecule has 7 heteroatoms. The lowest BCUT2D eigenvalue weighted by Crippen LogP contribution is -2.62. The van der Waals surface area contributed by atoms with Crippen molar-refractivity contribution in [2.24, 2.45) is 22.7 Å². The minimum atomic E-state index is -1.07. The van der Waals surface area contributed by atoms with Gasteiger partial charge in [0.05, 0.1) is 11.9 Å². The average Bonchev–Trinajstić information content (AvgIpc) is 3.18. The number of hydrogen-bond donors (Lipinski definition) is 1. The molecule has 4 rings (SSSR count). The maximum atomic E-state index is 12.8. The molecule has 0 radical (unpaired) electrons.